The number of carbonyl (C=O) groups is 2. The third-order valence-corrected chi connectivity index (χ3v) is 5.10. The Labute approximate surface area is 127 Å². The van der Waals surface area contributed by atoms with Crippen molar-refractivity contribution in [2.24, 2.45) is 17.6 Å². The van der Waals surface area contributed by atoms with E-state index in [-0.39, 0.29) is 29.7 Å². The van der Waals surface area contributed by atoms with Crippen molar-refractivity contribution in [2.45, 2.75) is 64.5 Å². The molecule has 4 unspecified atom stereocenters. The van der Waals surface area contributed by atoms with Crippen LogP contribution in [0.2, 0.25) is 0 Å². The van der Waals surface area contributed by atoms with Gasteiger partial charge in [0.05, 0.1) is 0 Å². The summed E-state index contributed by atoms with van der Waals surface area (Å²) >= 11 is 0. The van der Waals surface area contributed by atoms with Gasteiger partial charge in [0.25, 0.3) is 0 Å². The second-order valence-electron chi connectivity index (χ2n) is 6.68. The predicted molar refractivity (Wildman–Crippen MR) is 82.5 cm³/mol. The van der Waals surface area contributed by atoms with Crippen molar-refractivity contribution in [1.82, 2.24) is 10.2 Å². The van der Waals surface area contributed by atoms with Crippen LogP contribution in [0, 0.1) is 11.8 Å². The monoisotopic (exact) mass is 295 g/mol. The van der Waals surface area contributed by atoms with Gasteiger partial charge < -0.3 is 16.0 Å². The minimum atomic E-state index is -0.430. The normalized spacial score (nSPS) is 31.6. The van der Waals surface area contributed by atoms with Crippen molar-refractivity contribution in [3.63, 3.8) is 0 Å². The Hall–Kier alpha value is -1.10. The van der Waals surface area contributed by atoms with E-state index in [1.165, 1.54) is 6.42 Å². The average molecular weight is 295 g/mol. The van der Waals surface area contributed by atoms with Crippen LogP contribution in [-0.4, -0.2) is 41.9 Å². The van der Waals surface area contributed by atoms with E-state index in [1.54, 1.807) is 6.92 Å². The minimum Gasteiger partial charge on any atom is -0.344 e. The molecule has 2 fully saturated rings. The topological polar surface area (TPSA) is 75.4 Å². The van der Waals surface area contributed by atoms with E-state index in [0.29, 0.717) is 0 Å². The molecule has 0 aromatic rings. The zero-order valence-corrected chi connectivity index (χ0v) is 13.3. The van der Waals surface area contributed by atoms with E-state index in [1.807, 2.05) is 11.8 Å². The van der Waals surface area contributed by atoms with Crippen LogP contribution in [0.5, 0.6) is 0 Å². The first-order valence-electron chi connectivity index (χ1n) is 8.35. The molecule has 2 amide bonds. The highest BCUT2D eigenvalue weighted by atomic mass is 16.2. The molecule has 0 bridgehead atoms. The van der Waals surface area contributed by atoms with Gasteiger partial charge in [-0.1, -0.05) is 13.3 Å². The molecular formula is C16H29N3O2. The highest BCUT2D eigenvalue weighted by Gasteiger charge is 2.34. The van der Waals surface area contributed by atoms with Crippen LogP contribution in [0.25, 0.3) is 0 Å². The number of likely N-dealkylation sites (tertiary alicyclic amines) is 1. The Morgan fingerprint density at radius 3 is 2.48 bits per heavy atom. The van der Waals surface area contributed by atoms with Crippen LogP contribution in [0.1, 0.15) is 52.4 Å². The fourth-order valence-electron chi connectivity index (χ4n) is 3.54. The highest BCUT2D eigenvalue weighted by Crippen LogP contribution is 2.29. The number of carbonyl (C=O) groups excluding carboxylic acids is 2. The summed E-state index contributed by atoms with van der Waals surface area (Å²) in [6.07, 6.45) is 6.21. The van der Waals surface area contributed by atoms with Crippen LogP contribution < -0.4 is 11.1 Å². The average Bonchev–Trinajstić information content (AvgIpc) is 2.50. The standard InChI is InChI=1S/C16H29N3O2/c1-11-13(7-6-8-14(11)17)15(20)18-12(2)16(21)19-9-4-3-5-10-19/h11-14H,3-10,17H2,1-2H3,(H,18,20). The molecule has 4 atom stereocenters. The third kappa shape index (κ3) is 3.96. The molecule has 0 spiro atoms. The molecule has 0 aromatic heterocycles. The Morgan fingerprint density at radius 2 is 1.81 bits per heavy atom. The summed E-state index contributed by atoms with van der Waals surface area (Å²) < 4.78 is 0. The van der Waals surface area contributed by atoms with Gasteiger partial charge in [0.2, 0.25) is 11.8 Å². The SMILES string of the molecule is CC(NC(=O)C1CCCC(N)C1C)C(=O)N1CCCCC1. The smallest absolute Gasteiger partial charge is 0.244 e. The Kier molecular flexibility index (Phi) is 5.62. The largest absolute Gasteiger partial charge is 0.344 e. The number of nitrogens with two attached hydrogens (primary N) is 1. The van der Waals surface area contributed by atoms with Crippen LogP contribution >= 0.6 is 0 Å². The van der Waals surface area contributed by atoms with Crippen LogP contribution in [-0.2, 0) is 9.59 Å². The first kappa shape index (κ1) is 16.3. The zero-order valence-electron chi connectivity index (χ0n) is 13.3. The van der Waals surface area contributed by atoms with E-state index < -0.39 is 6.04 Å². The van der Waals surface area contributed by atoms with E-state index >= 15 is 0 Å². The van der Waals surface area contributed by atoms with Crippen molar-refractivity contribution in [2.75, 3.05) is 13.1 Å². The molecule has 0 radical (unpaired) electrons. The van der Waals surface area contributed by atoms with Gasteiger partial charge in [0.15, 0.2) is 0 Å². The Morgan fingerprint density at radius 1 is 1.14 bits per heavy atom. The molecule has 21 heavy (non-hydrogen) atoms. The van der Waals surface area contributed by atoms with E-state index in [2.05, 4.69) is 5.32 Å². The molecule has 5 heteroatoms. The lowest BCUT2D eigenvalue weighted by Crippen LogP contribution is -2.52. The third-order valence-electron chi connectivity index (χ3n) is 5.10. The zero-order chi connectivity index (χ0) is 15.4. The highest BCUT2D eigenvalue weighted by molar-refractivity contribution is 5.88. The molecule has 1 saturated heterocycles. The van der Waals surface area contributed by atoms with Crippen LogP contribution in [0.3, 0.4) is 0 Å². The second kappa shape index (κ2) is 7.25. The summed E-state index contributed by atoms with van der Waals surface area (Å²) in [6, 6.07) is -0.330. The van der Waals surface area contributed by atoms with E-state index in [0.717, 1.165) is 45.2 Å². The molecule has 3 N–H and O–H groups in total. The van der Waals surface area contributed by atoms with Crippen LogP contribution in [0.4, 0.5) is 0 Å². The summed E-state index contributed by atoms with van der Waals surface area (Å²) in [5.41, 5.74) is 6.06. The maximum absolute atomic E-state index is 12.4. The van der Waals surface area contributed by atoms with Crippen LogP contribution in [0.15, 0.2) is 0 Å². The summed E-state index contributed by atoms with van der Waals surface area (Å²) in [4.78, 5) is 26.6. The summed E-state index contributed by atoms with van der Waals surface area (Å²) in [5, 5.41) is 2.91. The molecular weight excluding hydrogens is 266 g/mol. The molecule has 1 aliphatic heterocycles. The molecule has 2 aliphatic rings. The summed E-state index contributed by atoms with van der Waals surface area (Å²) in [7, 11) is 0. The van der Waals surface area contributed by atoms with Crippen molar-refractivity contribution in [3.05, 3.63) is 0 Å². The van der Waals surface area contributed by atoms with Gasteiger partial charge in [-0.15, -0.1) is 0 Å². The molecule has 1 aliphatic carbocycles. The van der Waals surface area contributed by atoms with Gasteiger partial charge in [0.1, 0.15) is 6.04 Å². The van der Waals surface area contributed by atoms with Gasteiger partial charge in [0, 0.05) is 25.0 Å². The number of hydrogen-bond donors (Lipinski definition) is 2. The lowest BCUT2D eigenvalue weighted by atomic mass is 9.77. The Balaban J connectivity index is 1.87. The summed E-state index contributed by atoms with van der Waals surface area (Å²) in [5.74, 6) is 0.188. The number of amides is 2. The minimum absolute atomic E-state index is 0.00416. The molecule has 2 rings (SSSR count). The molecule has 0 aromatic carbocycles. The van der Waals surface area contributed by atoms with Crippen molar-refractivity contribution in [1.29, 1.82) is 0 Å². The number of rotatable bonds is 3. The van der Waals surface area contributed by atoms with E-state index in [9.17, 15) is 9.59 Å². The lowest BCUT2D eigenvalue weighted by Gasteiger charge is -2.34. The quantitative estimate of drug-likeness (QED) is 0.823. The summed E-state index contributed by atoms with van der Waals surface area (Å²) in [6.45, 7) is 5.49. The van der Waals surface area contributed by atoms with Gasteiger partial charge in [-0.05, 0) is 44.9 Å². The molecule has 120 valence electrons. The predicted octanol–water partition coefficient (Wildman–Crippen LogP) is 1.27. The lowest BCUT2D eigenvalue weighted by molar-refractivity contribution is -0.138. The van der Waals surface area contributed by atoms with E-state index in [4.69, 9.17) is 5.73 Å². The maximum atomic E-state index is 12.4. The molecule has 1 saturated carbocycles. The van der Waals surface area contributed by atoms with Crippen molar-refractivity contribution < 1.29 is 9.59 Å². The first-order valence-corrected chi connectivity index (χ1v) is 8.35. The van der Waals surface area contributed by atoms with Gasteiger partial charge in [-0.2, -0.15) is 0 Å². The second-order valence-corrected chi connectivity index (χ2v) is 6.68. The maximum Gasteiger partial charge on any atom is 0.244 e. The number of nitrogens with zero attached hydrogens (tertiary/aromatic N) is 1. The fourth-order valence-corrected chi connectivity index (χ4v) is 3.54. The fraction of sp³-hybridized carbons (Fsp3) is 0.875. The van der Waals surface area contributed by atoms with Crippen molar-refractivity contribution >= 4 is 11.8 Å². The van der Waals surface area contributed by atoms with Gasteiger partial charge in [-0.25, -0.2) is 0 Å². The first-order chi connectivity index (χ1) is 10.0. The molecule has 5 nitrogen and oxygen atoms in total. The molecule has 1 heterocycles. The van der Waals surface area contributed by atoms with Gasteiger partial charge >= 0.3 is 0 Å². The van der Waals surface area contributed by atoms with Gasteiger partial charge in [-0.3, -0.25) is 9.59 Å². The number of nitrogens with one attached hydrogen (secondary N) is 1. The Bertz CT molecular complexity index is 380. The van der Waals surface area contributed by atoms with Crippen molar-refractivity contribution in [3.8, 4) is 0 Å². The number of piperidine rings is 1. The number of hydrogen-bond acceptors (Lipinski definition) is 3.